The maximum atomic E-state index is 13.0. The summed E-state index contributed by atoms with van der Waals surface area (Å²) in [6.45, 7) is 1.48. The van der Waals surface area contributed by atoms with Gasteiger partial charge in [0.15, 0.2) is 18.1 Å². The van der Waals surface area contributed by atoms with Gasteiger partial charge in [0.2, 0.25) is 0 Å². The topological polar surface area (TPSA) is 65.0 Å². The number of ether oxygens (including phenoxy) is 3. The number of benzene rings is 1. The Morgan fingerprint density at radius 1 is 1.33 bits per heavy atom. The molecule has 0 fully saturated rings. The number of hydrogen-bond donors (Lipinski definition) is 1. The van der Waals surface area contributed by atoms with Crippen LogP contribution in [0.15, 0.2) is 18.2 Å². The van der Waals surface area contributed by atoms with Crippen LogP contribution in [0.4, 0.5) is 4.39 Å². The van der Waals surface area contributed by atoms with Crippen LogP contribution >= 0.6 is 0 Å². The Labute approximate surface area is 104 Å². The second kappa shape index (κ2) is 7.50. The Balaban J connectivity index is 2.66. The van der Waals surface area contributed by atoms with Gasteiger partial charge in [-0.25, -0.2) is 9.18 Å². The van der Waals surface area contributed by atoms with Crippen LogP contribution in [-0.4, -0.2) is 37.5 Å². The van der Waals surface area contributed by atoms with Crippen molar-refractivity contribution in [3.05, 3.63) is 24.0 Å². The van der Waals surface area contributed by atoms with Gasteiger partial charge in [0.25, 0.3) is 0 Å². The Kier molecular flexibility index (Phi) is 5.93. The van der Waals surface area contributed by atoms with Crippen molar-refractivity contribution < 1.29 is 28.5 Å². The zero-order valence-corrected chi connectivity index (χ0v) is 10.0. The lowest BCUT2D eigenvalue weighted by Gasteiger charge is -2.11. The van der Waals surface area contributed by atoms with Crippen LogP contribution in [0.3, 0.4) is 0 Å². The maximum absolute atomic E-state index is 13.0. The summed E-state index contributed by atoms with van der Waals surface area (Å²) in [5, 5.41) is 8.65. The molecule has 0 amide bonds. The quantitative estimate of drug-likeness (QED) is 0.743. The third-order valence-electron chi connectivity index (χ3n) is 1.91. The zero-order valence-electron chi connectivity index (χ0n) is 10.0. The highest BCUT2D eigenvalue weighted by molar-refractivity contribution is 5.71. The average molecular weight is 258 g/mol. The minimum Gasteiger partial charge on any atom is -0.487 e. The Hall–Kier alpha value is -1.82. The Bertz CT molecular complexity index is 394. The predicted molar refractivity (Wildman–Crippen MR) is 61.1 cm³/mol. The molecule has 0 radical (unpaired) electrons. The third-order valence-corrected chi connectivity index (χ3v) is 1.91. The minimum atomic E-state index is -0.546. The van der Waals surface area contributed by atoms with Crippen LogP contribution in [-0.2, 0) is 9.53 Å². The molecule has 0 aromatic heterocycles. The summed E-state index contributed by atoms with van der Waals surface area (Å²) in [4.78, 5) is 11.1. The van der Waals surface area contributed by atoms with Crippen LogP contribution in [0.1, 0.15) is 6.92 Å². The normalized spacial score (nSPS) is 9.94. The van der Waals surface area contributed by atoms with Gasteiger partial charge in [-0.15, -0.1) is 0 Å². The highest BCUT2D eigenvalue weighted by Crippen LogP contribution is 2.27. The first-order valence-corrected chi connectivity index (χ1v) is 5.49. The fraction of sp³-hybridized carbons (Fsp3) is 0.417. The largest absolute Gasteiger partial charge is 0.487 e. The van der Waals surface area contributed by atoms with Crippen LogP contribution in [0.5, 0.6) is 11.5 Å². The molecule has 1 aromatic carbocycles. The second-order valence-electron chi connectivity index (χ2n) is 3.26. The molecular weight excluding hydrogens is 243 g/mol. The molecule has 6 heteroatoms. The van der Waals surface area contributed by atoms with Crippen molar-refractivity contribution in [3.63, 3.8) is 0 Å². The van der Waals surface area contributed by atoms with Gasteiger partial charge < -0.3 is 19.3 Å². The average Bonchev–Trinajstić information content (AvgIpc) is 2.35. The van der Waals surface area contributed by atoms with Gasteiger partial charge in [-0.3, -0.25) is 0 Å². The SMILES string of the molecule is CCOC(=O)COc1cc(F)ccc1OCCO. The van der Waals surface area contributed by atoms with Crippen molar-refractivity contribution in [1.82, 2.24) is 0 Å². The highest BCUT2D eigenvalue weighted by Gasteiger charge is 2.10. The number of hydrogen-bond acceptors (Lipinski definition) is 5. The van der Waals surface area contributed by atoms with Gasteiger partial charge in [-0.1, -0.05) is 0 Å². The standard InChI is InChI=1S/C12H15FO5/c1-2-16-12(15)8-18-11-7-9(13)3-4-10(11)17-6-5-14/h3-4,7,14H,2,5-6,8H2,1H3. The van der Waals surface area contributed by atoms with Gasteiger partial charge in [0.05, 0.1) is 13.2 Å². The summed E-state index contributed by atoms with van der Waals surface area (Å²) in [5.41, 5.74) is 0. The van der Waals surface area contributed by atoms with E-state index >= 15 is 0 Å². The number of esters is 1. The van der Waals surface area contributed by atoms with Crippen molar-refractivity contribution in [3.8, 4) is 11.5 Å². The van der Waals surface area contributed by atoms with E-state index < -0.39 is 11.8 Å². The second-order valence-corrected chi connectivity index (χ2v) is 3.26. The minimum absolute atomic E-state index is 0.0569. The summed E-state index contributed by atoms with van der Waals surface area (Å²) < 4.78 is 28.0. The lowest BCUT2D eigenvalue weighted by Crippen LogP contribution is -2.15. The molecule has 1 aromatic rings. The molecule has 0 heterocycles. The predicted octanol–water partition coefficient (Wildman–Crippen LogP) is 1.14. The van der Waals surface area contributed by atoms with E-state index in [1.165, 1.54) is 12.1 Å². The first kappa shape index (κ1) is 14.2. The van der Waals surface area contributed by atoms with Gasteiger partial charge in [-0.05, 0) is 19.1 Å². The van der Waals surface area contributed by atoms with Gasteiger partial charge in [0.1, 0.15) is 12.4 Å². The van der Waals surface area contributed by atoms with E-state index in [4.69, 9.17) is 14.6 Å². The van der Waals surface area contributed by atoms with Crippen molar-refractivity contribution in [2.24, 2.45) is 0 Å². The molecular formula is C12H15FO5. The molecule has 1 rings (SSSR count). The van der Waals surface area contributed by atoms with E-state index in [1.807, 2.05) is 0 Å². The van der Waals surface area contributed by atoms with Gasteiger partial charge in [0, 0.05) is 6.07 Å². The van der Waals surface area contributed by atoms with E-state index in [1.54, 1.807) is 6.92 Å². The van der Waals surface area contributed by atoms with Crippen LogP contribution in [0, 0.1) is 5.82 Å². The number of carbonyl (C=O) groups is 1. The monoisotopic (exact) mass is 258 g/mol. The molecule has 5 nitrogen and oxygen atoms in total. The summed E-state index contributed by atoms with van der Waals surface area (Å²) in [6, 6.07) is 3.67. The lowest BCUT2D eigenvalue weighted by atomic mass is 10.3. The molecule has 1 N–H and O–H groups in total. The lowest BCUT2D eigenvalue weighted by molar-refractivity contribution is -0.145. The number of aliphatic hydroxyl groups is 1. The van der Waals surface area contributed by atoms with Crippen molar-refractivity contribution in [2.45, 2.75) is 6.92 Å². The van der Waals surface area contributed by atoms with Crippen molar-refractivity contribution in [2.75, 3.05) is 26.4 Å². The molecule has 0 aliphatic heterocycles. The molecule has 0 aliphatic rings. The first-order valence-electron chi connectivity index (χ1n) is 5.49. The van der Waals surface area contributed by atoms with E-state index in [0.29, 0.717) is 0 Å². The molecule has 0 spiro atoms. The molecule has 0 saturated heterocycles. The van der Waals surface area contributed by atoms with E-state index in [0.717, 1.165) is 6.07 Å². The molecule has 0 aliphatic carbocycles. The molecule has 100 valence electrons. The van der Waals surface area contributed by atoms with Crippen LogP contribution < -0.4 is 9.47 Å². The molecule has 0 unspecified atom stereocenters. The summed E-state index contributed by atoms with van der Waals surface area (Å²) in [5.74, 6) is -0.702. The van der Waals surface area contributed by atoms with Crippen molar-refractivity contribution in [1.29, 1.82) is 0 Å². The number of carbonyl (C=O) groups excluding carboxylic acids is 1. The molecule has 0 bridgehead atoms. The smallest absolute Gasteiger partial charge is 0.344 e. The molecule has 0 atom stereocenters. The number of rotatable bonds is 7. The summed E-state index contributed by atoms with van der Waals surface area (Å²) >= 11 is 0. The molecule has 18 heavy (non-hydrogen) atoms. The fourth-order valence-electron chi connectivity index (χ4n) is 1.21. The van der Waals surface area contributed by atoms with Crippen molar-refractivity contribution >= 4 is 5.97 Å². The number of aliphatic hydroxyl groups excluding tert-OH is 1. The summed E-state index contributed by atoms with van der Waals surface area (Å²) in [7, 11) is 0. The van der Waals surface area contributed by atoms with Crippen LogP contribution in [0.25, 0.3) is 0 Å². The summed E-state index contributed by atoms with van der Waals surface area (Å²) in [6.07, 6.45) is 0. The van der Waals surface area contributed by atoms with E-state index in [9.17, 15) is 9.18 Å². The maximum Gasteiger partial charge on any atom is 0.344 e. The Morgan fingerprint density at radius 2 is 2.11 bits per heavy atom. The zero-order chi connectivity index (χ0) is 13.4. The molecule has 0 saturated carbocycles. The van der Waals surface area contributed by atoms with E-state index in [-0.39, 0.29) is 37.9 Å². The Morgan fingerprint density at radius 3 is 2.78 bits per heavy atom. The number of halogens is 1. The third kappa shape index (κ3) is 4.58. The fourth-order valence-corrected chi connectivity index (χ4v) is 1.21. The first-order chi connectivity index (χ1) is 8.67. The van der Waals surface area contributed by atoms with E-state index in [2.05, 4.69) is 4.74 Å². The van der Waals surface area contributed by atoms with Gasteiger partial charge >= 0.3 is 5.97 Å². The van der Waals surface area contributed by atoms with Crippen LogP contribution in [0.2, 0.25) is 0 Å². The van der Waals surface area contributed by atoms with Gasteiger partial charge in [-0.2, -0.15) is 0 Å². The highest BCUT2D eigenvalue weighted by atomic mass is 19.1.